The van der Waals surface area contributed by atoms with Crippen LogP contribution in [0.15, 0.2) is 24.3 Å². The highest BCUT2D eigenvalue weighted by atomic mass is 16.4. The maximum atomic E-state index is 10.1. The Bertz CT molecular complexity index is 168. The fourth-order valence-corrected chi connectivity index (χ4v) is 0.691. The number of carboxylic acids is 1. The highest BCUT2D eigenvalue weighted by Crippen LogP contribution is 2.04. The lowest BCUT2D eigenvalue weighted by molar-refractivity contribution is -0.136. The van der Waals surface area contributed by atoms with Crippen molar-refractivity contribution in [3.05, 3.63) is 24.3 Å². The van der Waals surface area contributed by atoms with Gasteiger partial charge in [-0.25, -0.2) is 0 Å². The predicted octanol–water partition coefficient (Wildman–Crippen LogP) is 2.37. The number of aliphatic carboxylic acids is 1. The molecule has 0 aliphatic rings. The number of carbonyl (C=O) groups is 1. The van der Waals surface area contributed by atoms with Crippen LogP contribution in [0, 0.1) is 0 Å². The summed E-state index contributed by atoms with van der Waals surface area (Å²) < 4.78 is 0. The van der Waals surface area contributed by atoms with Gasteiger partial charge in [0.2, 0.25) is 0 Å². The van der Waals surface area contributed by atoms with E-state index in [-0.39, 0.29) is 6.42 Å². The highest BCUT2D eigenvalue weighted by Gasteiger charge is 1.95. The summed E-state index contributed by atoms with van der Waals surface area (Å²) in [5, 5.41) is 8.34. The first-order valence-electron chi connectivity index (χ1n) is 3.65. The Hall–Kier alpha value is -1.05. The van der Waals surface area contributed by atoms with Crippen LogP contribution in [0.3, 0.4) is 0 Å². The SMILES string of the molecule is C=CCC=C(C)CCC(=O)O. The number of allylic oxidation sites excluding steroid dienone is 3. The van der Waals surface area contributed by atoms with E-state index in [2.05, 4.69) is 6.58 Å². The molecule has 0 aromatic carbocycles. The molecule has 0 fully saturated rings. The first kappa shape index (κ1) is 9.95. The zero-order valence-corrected chi connectivity index (χ0v) is 6.84. The van der Waals surface area contributed by atoms with Gasteiger partial charge >= 0.3 is 5.97 Å². The van der Waals surface area contributed by atoms with Crippen molar-refractivity contribution in [2.24, 2.45) is 0 Å². The van der Waals surface area contributed by atoms with Gasteiger partial charge in [-0.1, -0.05) is 17.7 Å². The van der Waals surface area contributed by atoms with Crippen LogP contribution in [-0.4, -0.2) is 11.1 Å². The first-order valence-corrected chi connectivity index (χ1v) is 3.65. The average molecular weight is 154 g/mol. The molecule has 0 aromatic heterocycles. The molecule has 2 heteroatoms. The second kappa shape index (κ2) is 5.71. The summed E-state index contributed by atoms with van der Waals surface area (Å²) >= 11 is 0. The topological polar surface area (TPSA) is 37.3 Å². The summed E-state index contributed by atoms with van der Waals surface area (Å²) in [7, 11) is 0. The lowest BCUT2D eigenvalue weighted by atomic mass is 10.1. The van der Waals surface area contributed by atoms with E-state index in [4.69, 9.17) is 5.11 Å². The average Bonchev–Trinajstić information content (AvgIpc) is 1.97. The van der Waals surface area contributed by atoms with Gasteiger partial charge in [0.1, 0.15) is 0 Å². The summed E-state index contributed by atoms with van der Waals surface area (Å²) in [6.45, 7) is 5.50. The number of carboxylic acid groups (broad SMARTS) is 1. The molecule has 11 heavy (non-hydrogen) atoms. The van der Waals surface area contributed by atoms with Crippen molar-refractivity contribution in [3.63, 3.8) is 0 Å². The van der Waals surface area contributed by atoms with Crippen molar-refractivity contribution in [2.75, 3.05) is 0 Å². The normalized spacial score (nSPS) is 11.2. The van der Waals surface area contributed by atoms with Gasteiger partial charge in [0.05, 0.1) is 0 Å². The molecule has 0 aromatic rings. The second-order valence-corrected chi connectivity index (χ2v) is 2.47. The molecule has 0 rings (SSSR count). The first-order chi connectivity index (χ1) is 5.16. The maximum absolute atomic E-state index is 10.1. The van der Waals surface area contributed by atoms with Crippen LogP contribution in [-0.2, 0) is 4.79 Å². The Kier molecular flexibility index (Phi) is 5.17. The van der Waals surface area contributed by atoms with E-state index in [1.165, 1.54) is 0 Å². The Balaban J connectivity index is 3.58. The Morgan fingerprint density at radius 3 is 2.64 bits per heavy atom. The summed E-state index contributed by atoms with van der Waals surface area (Å²) in [6, 6.07) is 0. The van der Waals surface area contributed by atoms with Gasteiger partial charge in [-0.05, 0) is 19.8 Å². The van der Waals surface area contributed by atoms with Crippen LogP contribution in [0.5, 0.6) is 0 Å². The molecule has 0 aliphatic heterocycles. The van der Waals surface area contributed by atoms with Crippen molar-refractivity contribution in [3.8, 4) is 0 Å². The third kappa shape index (κ3) is 6.84. The molecular formula is C9H14O2. The Labute approximate surface area is 67.2 Å². The van der Waals surface area contributed by atoms with Crippen molar-refractivity contribution in [1.82, 2.24) is 0 Å². The number of hydrogen-bond donors (Lipinski definition) is 1. The van der Waals surface area contributed by atoms with Crippen molar-refractivity contribution in [1.29, 1.82) is 0 Å². The second-order valence-electron chi connectivity index (χ2n) is 2.47. The van der Waals surface area contributed by atoms with Crippen LogP contribution < -0.4 is 0 Å². The predicted molar refractivity (Wildman–Crippen MR) is 45.4 cm³/mol. The van der Waals surface area contributed by atoms with E-state index >= 15 is 0 Å². The zero-order chi connectivity index (χ0) is 8.69. The molecule has 0 unspecified atom stereocenters. The van der Waals surface area contributed by atoms with Gasteiger partial charge in [-0.3, -0.25) is 4.79 Å². The van der Waals surface area contributed by atoms with Gasteiger partial charge in [-0.15, -0.1) is 6.58 Å². The molecule has 62 valence electrons. The van der Waals surface area contributed by atoms with Crippen molar-refractivity contribution >= 4 is 5.97 Å². The fraction of sp³-hybridized carbons (Fsp3) is 0.444. The lowest BCUT2D eigenvalue weighted by Crippen LogP contribution is -1.93. The standard InChI is InChI=1S/C9H14O2/c1-3-4-5-8(2)6-7-9(10)11/h3,5H,1,4,6-7H2,2H3,(H,10,11). The van der Waals surface area contributed by atoms with Gasteiger partial charge in [0.15, 0.2) is 0 Å². The smallest absolute Gasteiger partial charge is 0.303 e. The van der Waals surface area contributed by atoms with Crippen LogP contribution in [0.25, 0.3) is 0 Å². The van der Waals surface area contributed by atoms with Crippen molar-refractivity contribution < 1.29 is 9.90 Å². The van der Waals surface area contributed by atoms with E-state index in [0.717, 1.165) is 12.0 Å². The molecule has 0 heterocycles. The number of rotatable bonds is 5. The monoisotopic (exact) mass is 154 g/mol. The molecular weight excluding hydrogens is 140 g/mol. The summed E-state index contributed by atoms with van der Waals surface area (Å²) in [5.74, 6) is -0.739. The van der Waals surface area contributed by atoms with Crippen LogP contribution in [0.2, 0.25) is 0 Å². The molecule has 0 spiro atoms. The minimum absolute atomic E-state index is 0.222. The molecule has 0 atom stereocenters. The lowest BCUT2D eigenvalue weighted by Gasteiger charge is -1.95. The molecule has 0 amide bonds. The van der Waals surface area contributed by atoms with Gasteiger partial charge in [0.25, 0.3) is 0 Å². The van der Waals surface area contributed by atoms with Crippen LogP contribution in [0.1, 0.15) is 26.2 Å². The largest absolute Gasteiger partial charge is 0.481 e. The van der Waals surface area contributed by atoms with Gasteiger partial charge in [-0.2, -0.15) is 0 Å². The summed E-state index contributed by atoms with van der Waals surface area (Å²) in [5.41, 5.74) is 1.12. The summed E-state index contributed by atoms with van der Waals surface area (Å²) in [4.78, 5) is 10.1. The minimum atomic E-state index is -0.739. The zero-order valence-electron chi connectivity index (χ0n) is 6.84. The third-order valence-corrected chi connectivity index (χ3v) is 1.37. The van der Waals surface area contributed by atoms with E-state index < -0.39 is 5.97 Å². The molecule has 0 aliphatic carbocycles. The van der Waals surface area contributed by atoms with Crippen LogP contribution >= 0.6 is 0 Å². The maximum Gasteiger partial charge on any atom is 0.303 e. The van der Waals surface area contributed by atoms with E-state index in [0.29, 0.717) is 6.42 Å². The van der Waals surface area contributed by atoms with E-state index in [9.17, 15) is 4.79 Å². The van der Waals surface area contributed by atoms with E-state index in [1.807, 2.05) is 13.0 Å². The Morgan fingerprint density at radius 1 is 1.55 bits per heavy atom. The van der Waals surface area contributed by atoms with E-state index in [1.54, 1.807) is 6.08 Å². The molecule has 1 N–H and O–H groups in total. The molecule has 0 saturated carbocycles. The van der Waals surface area contributed by atoms with Crippen molar-refractivity contribution in [2.45, 2.75) is 26.2 Å². The van der Waals surface area contributed by atoms with Crippen LogP contribution in [0.4, 0.5) is 0 Å². The minimum Gasteiger partial charge on any atom is -0.481 e. The molecule has 2 nitrogen and oxygen atoms in total. The van der Waals surface area contributed by atoms with Gasteiger partial charge in [0, 0.05) is 6.42 Å². The highest BCUT2D eigenvalue weighted by molar-refractivity contribution is 5.66. The number of hydrogen-bond acceptors (Lipinski definition) is 1. The van der Waals surface area contributed by atoms with Gasteiger partial charge < -0.3 is 5.11 Å². The molecule has 0 saturated heterocycles. The molecule has 0 radical (unpaired) electrons. The summed E-state index contributed by atoms with van der Waals surface area (Å²) in [6.07, 6.45) is 5.48. The Morgan fingerprint density at radius 2 is 2.18 bits per heavy atom. The fourth-order valence-electron chi connectivity index (χ4n) is 0.691. The third-order valence-electron chi connectivity index (χ3n) is 1.37. The molecule has 0 bridgehead atoms. The quantitative estimate of drug-likeness (QED) is 0.617.